The lowest BCUT2D eigenvalue weighted by atomic mass is 9.76. The monoisotopic (exact) mass is 1520 g/mol. The maximum absolute atomic E-state index is 6.39. The number of benzene rings is 18. The van der Waals surface area contributed by atoms with Crippen LogP contribution in [0.15, 0.2) is 417 Å². The Bertz CT molecular complexity index is 6520. The highest BCUT2D eigenvalue weighted by molar-refractivity contribution is 9.10. The molecule has 0 bridgehead atoms. The Morgan fingerprint density at radius 2 is 0.439 bits per heavy atom. The summed E-state index contributed by atoms with van der Waals surface area (Å²) in [5.41, 5.74) is 37.5. The van der Waals surface area contributed by atoms with E-state index in [0.29, 0.717) is 0 Å². The number of fused-ring (bicyclic) bond motifs is 6. The van der Waals surface area contributed by atoms with Gasteiger partial charge in [-0.3, -0.25) is 0 Å². The van der Waals surface area contributed by atoms with Crippen molar-refractivity contribution >= 4 is 50.1 Å². The van der Waals surface area contributed by atoms with Gasteiger partial charge in [-0.2, -0.15) is 0 Å². The Hall–Kier alpha value is -13.1. The quantitative estimate of drug-likeness (QED) is 0.114. The van der Waals surface area contributed by atoms with Crippen LogP contribution in [-0.2, 0) is 9.31 Å². The summed E-state index contributed by atoms with van der Waals surface area (Å²) in [4.78, 5) is 0. The minimum atomic E-state index is -0.405. The molecule has 18 aromatic rings. The third kappa shape index (κ3) is 13.0. The molecular weight excluding hydrogens is 1440 g/mol. The molecule has 114 heavy (non-hydrogen) atoms. The van der Waals surface area contributed by atoms with E-state index in [9.17, 15) is 0 Å². The molecule has 2 nitrogen and oxygen atoms in total. The molecule has 0 aromatic heterocycles. The molecule has 2 aliphatic carbocycles. The maximum atomic E-state index is 6.39. The Morgan fingerprint density at radius 1 is 0.202 bits per heavy atom. The first-order valence-electron chi connectivity index (χ1n) is 39.4. The van der Waals surface area contributed by atoms with Crippen molar-refractivity contribution in [2.24, 2.45) is 0 Å². The zero-order valence-electron chi connectivity index (χ0n) is 65.0. The van der Waals surface area contributed by atoms with Gasteiger partial charge in [-0.25, -0.2) is 0 Å². The molecule has 1 fully saturated rings. The van der Waals surface area contributed by atoms with Crippen molar-refractivity contribution in [3.8, 4) is 167 Å². The number of hydrogen-bond donors (Lipinski definition) is 0. The minimum Gasteiger partial charge on any atom is -1.00 e. The molecule has 0 N–H and O–H groups in total. The summed E-state index contributed by atoms with van der Waals surface area (Å²) in [5, 5.41) is 5.33. The van der Waals surface area contributed by atoms with Gasteiger partial charge in [0.15, 0.2) is 0 Å². The SMILES string of the molecule is Brc1ccc2c3c(cccc13)-c1ccccc1-2.CC1(C)OB(c2ccc(-c3cc(-c4ccccc4)c(-c4ccccc4)c(-c4ccccc4)c3-c3ccccc3)cc2)OC1(C)C.[2H-].c1ccc(-c2cc(-c3ccc(-c4ccc5c6c(cccc46)-c4ccccc4-5)cc3)c(-c3ccccc3)c(-c3ccccc3)c2-c2ccccc2)cc1. The highest BCUT2D eigenvalue weighted by Crippen LogP contribution is 2.55. The topological polar surface area (TPSA) is 18.5 Å². The molecule has 0 atom stereocenters. The fraction of sp³-hybridized carbons (Fsp3) is 0.0545. The van der Waals surface area contributed by atoms with Gasteiger partial charge in [-0.15, -0.1) is 0 Å². The summed E-state index contributed by atoms with van der Waals surface area (Å²) in [6.45, 7) is 8.38. The predicted octanol–water partition coefficient (Wildman–Crippen LogP) is 30.2. The van der Waals surface area contributed by atoms with Gasteiger partial charge >= 0.3 is 7.12 Å². The summed E-state index contributed by atoms with van der Waals surface area (Å²) in [7, 11) is -0.405. The number of halogens is 1. The third-order valence-electron chi connectivity index (χ3n) is 23.5. The molecule has 1 heterocycles. The zero-order chi connectivity index (χ0) is 76.9. The molecule has 0 unspecified atom stereocenters. The van der Waals surface area contributed by atoms with Crippen LogP contribution in [0.2, 0.25) is 0 Å². The van der Waals surface area contributed by atoms with Gasteiger partial charge in [0, 0.05) is 4.47 Å². The summed E-state index contributed by atoms with van der Waals surface area (Å²) in [5.74, 6) is 0. The van der Waals surface area contributed by atoms with E-state index in [1.807, 2.05) is 0 Å². The summed E-state index contributed by atoms with van der Waals surface area (Å²) in [6.07, 6.45) is 0. The van der Waals surface area contributed by atoms with Gasteiger partial charge < -0.3 is 10.7 Å². The average Bonchev–Trinajstić information content (AvgIpc) is 0.893. The highest BCUT2D eigenvalue weighted by Gasteiger charge is 2.51. The van der Waals surface area contributed by atoms with Gasteiger partial charge in [0.2, 0.25) is 0 Å². The summed E-state index contributed by atoms with van der Waals surface area (Å²) >= 11 is 3.64. The molecule has 544 valence electrons. The molecule has 0 spiro atoms. The second kappa shape index (κ2) is 30.2. The van der Waals surface area contributed by atoms with Crippen molar-refractivity contribution in [2.45, 2.75) is 38.9 Å². The lowest BCUT2D eigenvalue weighted by Crippen LogP contribution is -2.41. The van der Waals surface area contributed by atoms with E-state index >= 15 is 0 Å². The van der Waals surface area contributed by atoms with Crippen LogP contribution in [0.25, 0.3) is 188 Å². The highest BCUT2D eigenvalue weighted by atomic mass is 79.9. The largest absolute Gasteiger partial charge is 1.00 e. The van der Waals surface area contributed by atoms with Crippen LogP contribution in [0.3, 0.4) is 0 Å². The van der Waals surface area contributed by atoms with Crippen molar-refractivity contribution in [3.63, 3.8) is 0 Å². The standard InChI is InChI=1S/C52H34.C42H37BO2.C16H9Br.H/c1-5-16-35(17-6-1)47-34-48(50(39-20-9-3-10-21-39)51(40-22-11-4-12-23-40)49(47)38-18-7-2-8-19-38)37-30-28-36(29-31-37)41-32-33-46-43-25-14-13-24-42(43)45-27-15-26-44(41)52(45)46;1-41(2)42(3,4)45-43(44-41)35-27-25-31(26-28-35)37-29-36(30-17-9-5-10-18-30)38(32-19-11-6-12-20-32)40(34-23-15-8-16-24-34)39(37)33-21-13-7-14-22-33;17-15-9-8-13-11-5-2-1-4-10(11)12-6-3-7-14(15)16(12)13;/h1-34H;5-29H,1-4H3;1-9H;/q;;;-1/i;;;1+1. The van der Waals surface area contributed by atoms with Crippen molar-refractivity contribution in [1.82, 2.24) is 0 Å². The number of hydrogen-bond acceptors (Lipinski definition) is 2. The third-order valence-corrected chi connectivity index (χ3v) is 24.2. The molecule has 4 heteroatoms. The van der Waals surface area contributed by atoms with E-state index in [0.717, 1.165) is 11.0 Å². The second-order valence-corrected chi connectivity index (χ2v) is 31.6. The Morgan fingerprint density at radius 3 is 0.781 bits per heavy atom. The van der Waals surface area contributed by atoms with E-state index < -0.39 is 7.12 Å². The van der Waals surface area contributed by atoms with Gasteiger partial charge in [-0.1, -0.05) is 410 Å². The first-order valence-corrected chi connectivity index (χ1v) is 40.2. The van der Waals surface area contributed by atoms with Gasteiger partial charge in [0.05, 0.1) is 11.2 Å². The van der Waals surface area contributed by atoms with Crippen LogP contribution >= 0.6 is 15.9 Å². The van der Waals surface area contributed by atoms with Crippen LogP contribution < -0.4 is 5.46 Å². The zero-order valence-corrected chi connectivity index (χ0v) is 65.6. The van der Waals surface area contributed by atoms with Crippen molar-refractivity contribution in [3.05, 3.63) is 417 Å². The first kappa shape index (κ1) is 71.3. The molecule has 21 rings (SSSR count). The van der Waals surface area contributed by atoms with Gasteiger partial charge in [0.25, 0.3) is 0 Å². The van der Waals surface area contributed by atoms with E-state index in [2.05, 4.69) is 456 Å². The van der Waals surface area contributed by atoms with Crippen LogP contribution in [-0.4, -0.2) is 18.3 Å². The Balaban J connectivity index is 0.000000132. The molecule has 1 saturated heterocycles. The molecular formula is C110H81BBrO2-. The van der Waals surface area contributed by atoms with Crippen LogP contribution in [0, 0.1) is 0 Å². The molecule has 0 amide bonds. The van der Waals surface area contributed by atoms with Gasteiger partial charge in [0.1, 0.15) is 0 Å². The average molecular weight is 1530 g/mol. The number of rotatable bonds is 12. The molecule has 1 aliphatic heterocycles. The normalized spacial score (nSPS) is 13.0. The van der Waals surface area contributed by atoms with Gasteiger partial charge in [-0.05, 0) is 240 Å². The smallest absolute Gasteiger partial charge is 0.494 e. The van der Waals surface area contributed by atoms with E-state index in [1.54, 1.807) is 0 Å². The molecule has 3 aliphatic rings. The molecule has 0 radical (unpaired) electrons. The maximum Gasteiger partial charge on any atom is 0.494 e. The molecule has 0 saturated carbocycles. The summed E-state index contributed by atoms with van der Waals surface area (Å²) in [6, 6.07) is 149. The Labute approximate surface area is 678 Å². The van der Waals surface area contributed by atoms with E-state index in [4.69, 9.17) is 9.31 Å². The molecule has 18 aromatic carbocycles. The van der Waals surface area contributed by atoms with Crippen LogP contribution in [0.1, 0.15) is 29.1 Å². The summed E-state index contributed by atoms with van der Waals surface area (Å²) < 4.78 is 13.9. The van der Waals surface area contributed by atoms with Crippen molar-refractivity contribution < 1.29 is 10.7 Å². The van der Waals surface area contributed by atoms with Crippen LogP contribution in [0.4, 0.5) is 0 Å². The van der Waals surface area contributed by atoms with Crippen molar-refractivity contribution in [2.75, 3.05) is 0 Å². The lowest BCUT2D eigenvalue weighted by Gasteiger charge is -2.32. The van der Waals surface area contributed by atoms with Crippen LogP contribution in [0.5, 0.6) is 0 Å². The Kier molecular flexibility index (Phi) is 18.9. The fourth-order valence-electron chi connectivity index (χ4n) is 17.4. The van der Waals surface area contributed by atoms with Crippen molar-refractivity contribution in [1.29, 1.82) is 0 Å². The lowest BCUT2D eigenvalue weighted by molar-refractivity contribution is 0.00578. The second-order valence-electron chi connectivity index (χ2n) is 30.7. The van der Waals surface area contributed by atoms with E-state index in [-0.39, 0.29) is 12.6 Å². The fourth-order valence-corrected chi connectivity index (χ4v) is 17.8. The first-order chi connectivity index (χ1) is 56.0. The van der Waals surface area contributed by atoms with E-state index in [1.165, 1.54) is 187 Å². The minimum absolute atomic E-state index is 0. The predicted molar refractivity (Wildman–Crippen MR) is 488 cm³/mol.